The molecule has 1 aliphatic heterocycles. The molecule has 8 heteroatoms. The van der Waals surface area contributed by atoms with Gasteiger partial charge in [0.1, 0.15) is 30.2 Å². The quantitative estimate of drug-likeness (QED) is 0.475. The minimum absolute atomic E-state index is 0.0713. The summed E-state index contributed by atoms with van der Waals surface area (Å²) in [6.45, 7) is 5.42. The summed E-state index contributed by atoms with van der Waals surface area (Å²) < 4.78 is 29.0. The van der Waals surface area contributed by atoms with Crippen LogP contribution in [0.3, 0.4) is 0 Å². The van der Waals surface area contributed by atoms with Crippen LogP contribution in [0.15, 0.2) is 51.7 Å². The maximum Gasteiger partial charge on any atom is 0.349 e. The first-order valence-electron chi connectivity index (χ1n) is 11.6. The number of fused-ring (bicyclic) bond motifs is 1. The average molecular weight is 469 g/mol. The highest BCUT2D eigenvalue weighted by atomic mass is 19.1. The Morgan fingerprint density at radius 1 is 1.15 bits per heavy atom. The zero-order valence-electron chi connectivity index (χ0n) is 19.3. The fourth-order valence-electron chi connectivity index (χ4n) is 4.06. The van der Waals surface area contributed by atoms with Gasteiger partial charge >= 0.3 is 5.63 Å². The highest BCUT2D eigenvalue weighted by Crippen LogP contribution is 2.29. The van der Waals surface area contributed by atoms with Crippen LogP contribution in [-0.4, -0.2) is 50.4 Å². The van der Waals surface area contributed by atoms with E-state index < -0.39 is 18.2 Å². The molecule has 4 rings (SSSR count). The Morgan fingerprint density at radius 2 is 1.91 bits per heavy atom. The summed E-state index contributed by atoms with van der Waals surface area (Å²) in [5.74, 6) is -0.0455. The lowest BCUT2D eigenvalue weighted by Crippen LogP contribution is -2.35. The van der Waals surface area contributed by atoms with Crippen LogP contribution in [0.2, 0.25) is 0 Å². The summed E-state index contributed by atoms with van der Waals surface area (Å²) in [6.07, 6.45) is 1.39. The largest absolute Gasteiger partial charge is 0.490 e. The Hall–Kier alpha value is -3.23. The zero-order chi connectivity index (χ0) is 23.9. The Kier molecular flexibility index (Phi) is 7.92. The molecule has 0 bridgehead atoms. The van der Waals surface area contributed by atoms with Gasteiger partial charge in [-0.3, -0.25) is 9.69 Å². The summed E-state index contributed by atoms with van der Waals surface area (Å²) in [5.41, 5.74) is 2.00. The van der Waals surface area contributed by atoms with E-state index in [-0.39, 0.29) is 12.2 Å². The van der Waals surface area contributed by atoms with Gasteiger partial charge in [0, 0.05) is 36.3 Å². The molecule has 0 radical (unpaired) electrons. The molecule has 7 nitrogen and oxygen atoms in total. The predicted octanol–water partition coefficient (Wildman–Crippen LogP) is 4.18. The average Bonchev–Trinajstić information content (AvgIpc) is 2.85. The normalized spacial score (nSPS) is 14.3. The standard InChI is InChI=1S/C26H29FN2O5/c1-2-3-21-23(33-13-10-27)9-6-19-16-22(26(31)34-24(19)21)25(30)28-20-7-4-18(5-8-20)17-29-11-14-32-15-12-29/h4-9,16H,2-3,10-15,17H2,1H3,(H,28,30). The molecule has 0 unspecified atom stereocenters. The van der Waals surface area contributed by atoms with Crippen molar-refractivity contribution < 1.29 is 23.1 Å². The molecule has 34 heavy (non-hydrogen) atoms. The Balaban J connectivity index is 1.51. The van der Waals surface area contributed by atoms with Crippen molar-refractivity contribution in [1.29, 1.82) is 0 Å². The van der Waals surface area contributed by atoms with Crippen molar-refractivity contribution in [2.75, 3.05) is 44.9 Å². The first kappa shape index (κ1) is 23.9. The first-order chi connectivity index (χ1) is 16.6. The molecule has 1 aromatic heterocycles. The van der Waals surface area contributed by atoms with Crippen LogP contribution in [0.1, 0.15) is 34.8 Å². The highest BCUT2D eigenvalue weighted by Gasteiger charge is 2.18. The van der Waals surface area contributed by atoms with Crippen molar-refractivity contribution in [2.24, 2.45) is 0 Å². The van der Waals surface area contributed by atoms with Crippen molar-refractivity contribution in [3.8, 4) is 5.75 Å². The maximum absolute atomic E-state index is 12.8. The van der Waals surface area contributed by atoms with E-state index in [2.05, 4.69) is 10.2 Å². The molecular formula is C26H29FN2O5. The van der Waals surface area contributed by atoms with Crippen molar-refractivity contribution in [1.82, 2.24) is 4.90 Å². The molecule has 0 aliphatic carbocycles. The number of amides is 1. The van der Waals surface area contributed by atoms with Crippen molar-refractivity contribution in [3.63, 3.8) is 0 Å². The van der Waals surface area contributed by atoms with E-state index in [0.717, 1.165) is 44.8 Å². The lowest BCUT2D eigenvalue weighted by Gasteiger charge is -2.26. The number of nitrogens with one attached hydrogen (secondary N) is 1. The van der Waals surface area contributed by atoms with Gasteiger partial charge < -0.3 is 19.2 Å². The Bertz CT molecular complexity index is 1190. The minimum atomic E-state index is -0.728. The van der Waals surface area contributed by atoms with Crippen LogP contribution >= 0.6 is 0 Å². The second-order valence-electron chi connectivity index (χ2n) is 8.24. The van der Waals surface area contributed by atoms with Gasteiger partial charge in [0.2, 0.25) is 0 Å². The SMILES string of the molecule is CCCc1c(OCCF)ccc2cc(C(=O)Nc3ccc(CN4CCOCC4)cc3)c(=O)oc12. The van der Waals surface area contributed by atoms with Crippen molar-refractivity contribution in [2.45, 2.75) is 26.3 Å². The number of aryl methyl sites for hydroxylation is 1. The van der Waals surface area contributed by atoms with Crippen LogP contribution in [0.5, 0.6) is 5.75 Å². The molecule has 2 heterocycles. The summed E-state index contributed by atoms with van der Waals surface area (Å²) >= 11 is 0. The number of ether oxygens (including phenoxy) is 2. The van der Waals surface area contributed by atoms with E-state index in [9.17, 15) is 14.0 Å². The van der Waals surface area contributed by atoms with Crippen molar-refractivity contribution >= 4 is 22.6 Å². The molecule has 1 fully saturated rings. The third-order valence-electron chi connectivity index (χ3n) is 5.76. The number of carbonyl (C=O) groups excluding carboxylic acids is 1. The fraction of sp³-hybridized carbons (Fsp3) is 0.385. The van der Waals surface area contributed by atoms with Gasteiger partial charge in [-0.2, -0.15) is 0 Å². The van der Waals surface area contributed by atoms with E-state index in [1.165, 1.54) is 6.07 Å². The Labute approximate surface area is 197 Å². The smallest absolute Gasteiger partial charge is 0.349 e. The number of hydrogen-bond acceptors (Lipinski definition) is 6. The molecule has 3 aromatic rings. The fourth-order valence-corrected chi connectivity index (χ4v) is 4.06. The third-order valence-corrected chi connectivity index (χ3v) is 5.76. The lowest BCUT2D eigenvalue weighted by molar-refractivity contribution is 0.0342. The summed E-state index contributed by atoms with van der Waals surface area (Å²) in [6, 6.07) is 12.5. The van der Waals surface area contributed by atoms with E-state index in [1.54, 1.807) is 12.1 Å². The van der Waals surface area contributed by atoms with Gasteiger partial charge in [-0.25, -0.2) is 9.18 Å². The van der Waals surface area contributed by atoms with Gasteiger partial charge in [-0.15, -0.1) is 0 Å². The van der Waals surface area contributed by atoms with Crippen LogP contribution in [-0.2, 0) is 17.7 Å². The van der Waals surface area contributed by atoms with Gasteiger partial charge in [0.25, 0.3) is 5.91 Å². The molecule has 0 spiro atoms. The second-order valence-corrected chi connectivity index (χ2v) is 8.24. The molecular weight excluding hydrogens is 439 g/mol. The first-order valence-corrected chi connectivity index (χ1v) is 11.6. The zero-order valence-corrected chi connectivity index (χ0v) is 19.3. The molecule has 2 aromatic carbocycles. The molecule has 180 valence electrons. The topological polar surface area (TPSA) is 81.0 Å². The number of carbonyl (C=O) groups is 1. The third kappa shape index (κ3) is 5.63. The molecule has 0 saturated carbocycles. The Morgan fingerprint density at radius 3 is 2.62 bits per heavy atom. The van der Waals surface area contributed by atoms with Crippen molar-refractivity contribution in [3.05, 3.63) is 69.6 Å². The molecule has 1 N–H and O–H groups in total. The molecule has 0 atom stereocenters. The van der Waals surface area contributed by atoms with Gasteiger partial charge in [0.05, 0.1) is 13.2 Å². The summed E-state index contributed by atoms with van der Waals surface area (Å²) in [5, 5.41) is 3.39. The number of benzene rings is 2. The number of halogens is 1. The number of anilines is 1. The van der Waals surface area contributed by atoms with E-state index in [4.69, 9.17) is 13.9 Å². The second kappa shape index (κ2) is 11.3. The maximum atomic E-state index is 12.8. The number of hydrogen-bond donors (Lipinski definition) is 1. The molecule has 1 saturated heterocycles. The van der Waals surface area contributed by atoms with Crippen LogP contribution < -0.4 is 15.7 Å². The summed E-state index contributed by atoms with van der Waals surface area (Å²) in [7, 11) is 0. The monoisotopic (exact) mass is 468 g/mol. The van der Waals surface area contributed by atoms with E-state index in [1.807, 2.05) is 31.2 Å². The lowest BCUT2D eigenvalue weighted by atomic mass is 10.0. The van der Waals surface area contributed by atoms with Crippen LogP contribution in [0.4, 0.5) is 10.1 Å². The number of morpholine rings is 1. The van der Waals surface area contributed by atoms with Gasteiger partial charge in [-0.05, 0) is 42.3 Å². The summed E-state index contributed by atoms with van der Waals surface area (Å²) in [4.78, 5) is 27.8. The van der Waals surface area contributed by atoms with E-state index >= 15 is 0 Å². The predicted molar refractivity (Wildman–Crippen MR) is 128 cm³/mol. The molecule has 1 amide bonds. The van der Waals surface area contributed by atoms with Gasteiger partial charge in [-0.1, -0.05) is 25.5 Å². The van der Waals surface area contributed by atoms with Crippen LogP contribution in [0.25, 0.3) is 11.0 Å². The number of alkyl halides is 1. The highest BCUT2D eigenvalue weighted by molar-refractivity contribution is 6.05. The van der Waals surface area contributed by atoms with Crippen LogP contribution in [0, 0.1) is 0 Å². The number of rotatable bonds is 9. The van der Waals surface area contributed by atoms with Gasteiger partial charge in [0.15, 0.2) is 0 Å². The minimum Gasteiger partial charge on any atom is -0.490 e. The van der Waals surface area contributed by atoms with E-state index in [0.29, 0.717) is 34.4 Å². The number of nitrogens with zero attached hydrogens (tertiary/aromatic N) is 1. The molecule has 1 aliphatic rings.